The smallest absolute Gasteiger partial charge is 0.0229 e. The first kappa shape index (κ1) is 12.7. The first-order chi connectivity index (χ1) is 5.26. The maximum atomic E-state index is 2.98. The molecule has 0 bridgehead atoms. The van der Waals surface area contributed by atoms with E-state index in [0.29, 0.717) is 0 Å². The molecule has 0 aliphatic rings. The maximum absolute atomic E-state index is 2.98. The standard InChI is InChI=1S/C7H20P4/c8-3-1-6(5-10)7(11)2-4-9/h6-7H,1-5,8-11H2. The fourth-order valence-corrected chi connectivity index (χ4v) is 3.79. The summed E-state index contributed by atoms with van der Waals surface area (Å²) in [6.07, 6.45) is 6.37. The van der Waals surface area contributed by atoms with E-state index in [1.807, 2.05) is 0 Å². The van der Waals surface area contributed by atoms with Crippen LogP contribution in [0.3, 0.4) is 0 Å². The van der Waals surface area contributed by atoms with Crippen LogP contribution in [-0.2, 0) is 0 Å². The molecule has 0 rings (SSSR count). The molecule has 68 valence electrons. The van der Waals surface area contributed by atoms with Gasteiger partial charge in [-0.1, -0.05) is 0 Å². The van der Waals surface area contributed by atoms with Crippen LogP contribution in [-0.4, -0.2) is 24.1 Å². The Morgan fingerprint density at radius 2 is 1.45 bits per heavy atom. The van der Waals surface area contributed by atoms with Crippen molar-refractivity contribution < 1.29 is 0 Å². The van der Waals surface area contributed by atoms with E-state index >= 15 is 0 Å². The van der Waals surface area contributed by atoms with Gasteiger partial charge in [0.15, 0.2) is 0 Å². The second-order valence-electron chi connectivity index (χ2n) is 2.81. The molecule has 0 saturated heterocycles. The summed E-state index contributed by atoms with van der Waals surface area (Å²) in [7, 11) is 11.4. The van der Waals surface area contributed by atoms with Crippen LogP contribution >= 0.6 is 37.0 Å². The molecule has 0 radical (unpaired) electrons. The summed E-state index contributed by atoms with van der Waals surface area (Å²) < 4.78 is 0. The van der Waals surface area contributed by atoms with Crippen LogP contribution in [0.4, 0.5) is 0 Å². The van der Waals surface area contributed by atoms with Crippen LogP contribution in [0.5, 0.6) is 0 Å². The molecule has 0 N–H and O–H groups in total. The summed E-state index contributed by atoms with van der Waals surface area (Å²) in [6, 6.07) is 0. The van der Waals surface area contributed by atoms with Crippen LogP contribution < -0.4 is 0 Å². The Balaban J connectivity index is 3.61. The SMILES string of the molecule is PCCC(P)C(CP)CCP. The fourth-order valence-electron chi connectivity index (χ4n) is 1.15. The van der Waals surface area contributed by atoms with E-state index in [1.54, 1.807) is 0 Å². The van der Waals surface area contributed by atoms with Crippen LogP contribution in [0.25, 0.3) is 0 Å². The number of hydrogen-bond donors (Lipinski definition) is 0. The Morgan fingerprint density at radius 1 is 0.909 bits per heavy atom. The molecule has 0 aromatic rings. The first-order valence-corrected chi connectivity index (χ1v) is 7.23. The van der Waals surface area contributed by atoms with E-state index in [1.165, 1.54) is 31.3 Å². The van der Waals surface area contributed by atoms with Gasteiger partial charge in [0.05, 0.1) is 0 Å². The minimum absolute atomic E-state index is 0.811. The highest BCUT2D eigenvalue weighted by atomic mass is 31.0. The molecule has 0 aromatic carbocycles. The number of rotatable bonds is 6. The third-order valence-electron chi connectivity index (χ3n) is 1.95. The average molecular weight is 228 g/mol. The molecule has 6 atom stereocenters. The molecule has 0 aromatic heterocycles. The Morgan fingerprint density at radius 3 is 1.82 bits per heavy atom. The average Bonchev–Trinajstić information content (AvgIpc) is 2.00. The minimum Gasteiger partial charge on any atom is -0.138 e. The van der Waals surface area contributed by atoms with E-state index < -0.39 is 0 Å². The lowest BCUT2D eigenvalue weighted by atomic mass is 10.0. The van der Waals surface area contributed by atoms with Gasteiger partial charge in [0.2, 0.25) is 0 Å². The molecule has 0 spiro atoms. The fraction of sp³-hybridized carbons (Fsp3) is 1.00. The van der Waals surface area contributed by atoms with Crippen LogP contribution in [0.1, 0.15) is 12.8 Å². The van der Waals surface area contributed by atoms with E-state index in [9.17, 15) is 0 Å². The van der Waals surface area contributed by atoms with Crippen molar-refractivity contribution >= 4 is 37.0 Å². The Labute approximate surface area is 80.2 Å². The number of hydrogen-bond acceptors (Lipinski definition) is 0. The van der Waals surface area contributed by atoms with Crippen molar-refractivity contribution in [3.63, 3.8) is 0 Å². The van der Waals surface area contributed by atoms with E-state index in [2.05, 4.69) is 37.0 Å². The van der Waals surface area contributed by atoms with Gasteiger partial charge in [0, 0.05) is 0 Å². The normalized spacial score (nSPS) is 16.4. The second kappa shape index (κ2) is 8.32. The van der Waals surface area contributed by atoms with Crippen molar-refractivity contribution in [1.82, 2.24) is 0 Å². The van der Waals surface area contributed by atoms with Crippen LogP contribution in [0.15, 0.2) is 0 Å². The van der Waals surface area contributed by atoms with Crippen molar-refractivity contribution in [3.05, 3.63) is 0 Å². The predicted octanol–water partition coefficient (Wildman–Crippen LogP) is 2.25. The van der Waals surface area contributed by atoms with Crippen molar-refractivity contribution in [1.29, 1.82) is 0 Å². The monoisotopic (exact) mass is 228 g/mol. The molecule has 6 unspecified atom stereocenters. The van der Waals surface area contributed by atoms with Crippen LogP contribution in [0.2, 0.25) is 0 Å². The van der Waals surface area contributed by atoms with E-state index in [0.717, 1.165) is 11.6 Å². The zero-order valence-electron chi connectivity index (χ0n) is 7.00. The van der Waals surface area contributed by atoms with Crippen molar-refractivity contribution in [2.75, 3.05) is 18.5 Å². The van der Waals surface area contributed by atoms with Gasteiger partial charge in [0.25, 0.3) is 0 Å². The largest absolute Gasteiger partial charge is 0.138 e. The maximum Gasteiger partial charge on any atom is -0.0229 e. The Kier molecular flexibility index (Phi) is 9.63. The highest BCUT2D eigenvalue weighted by molar-refractivity contribution is 7.19. The lowest BCUT2D eigenvalue weighted by molar-refractivity contribution is 0.538. The van der Waals surface area contributed by atoms with Gasteiger partial charge in [0.1, 0.15) is 0 Å². The Bertz CT molecular complexity index is 86.5. The van der Waals surface area contributed by atoms with Gasteiger partial charge >= 0.3 is 0 Å². The van der Waals surface area contributed by atoms with Gasteiger partial charge in [-0.05, 0) is 42.9 Å². The molecule has 0 heterocycles. The first-order valence-electron chi connectivity index (χ1n) is 4.12. The molecular formula is C7H20P4. The molecule has 0 nitrogen and oxygen atoms in total. The van der Waals surface area contributed by atoms with Crippen molar-refractivity contribution in [3.8, 4) is 0 Å². The van der Waals surface area contributed by atoms with Crippen molar-refractivity contribution in [2.45, 2.75) is 18.5 Å². The highest BCUT2D eigenvalue weighted by Gasteiger charge is 2.13. The Hall–Kier alpha value is 1.72. The van der Waals surface area contributed by atoms with E-state index in [-0.39, 0.29) is 0 Å². The third kappa shape index (κ3) is 5.88. The predicted molar refractivity (Wildman–Crippen MR) is 70.0 cm³/mol. The van der Waals surface area contributed by atoms with Gasteiger partial charge in [-0.15, -0.1) is 37.0 Å². The van der Waals surface area contributed by atoms with Gasteiger partial charge in [-0.3, -0.25) is 0 Å². The molecule has 0 aliphatic carbocycles. The van der Waals surface area contributed by atoms with Crippen LogP contribution in [0, 0.1) is 5.92 Å². The zero-order valence-corrected chi connectivity index (χ0v) is 11.6. The van der Waals surface area contributed by atoms with Gasteiger partial charge in [-0.2, -0.15) is 0 Å². The molecule has 0 amide bonds. The summed E-state index contributed by atoms with van der Waals surface area (Å²) in [6.45, 7) is 0. The molecule has 11 heavy (non-hydrogen) atoms. The molecule has 0 aliphatic heterocycles. The highest BCUT2D eigenvalue weighted by Crippen LogP contribution is 2.23. The summed E-state index contributed by atoms with van der Waals surface area (Å²) in [5, 5.41) is 0. The van der Waals surface area contributed by atoms with Gasteiger partial charge in [-0.25, -0.2) is 0 Å². The quantitative estimate of drug-likeness (QED) is 0.611. The summed E-state index contributed by atoms with van der Waals surface area (Å²) in [5.41, 5.74) is 0.811. The molecule has 4 heteroatoms. The summed E-state index contributed by atoms with van der Waals surface area (Å²) in [5.74, 6) is 0.878. The van der Waals surface area contributed by atoms with Crippen molar-refractivity contribution in [2.24, 2.45) is 5.92 Å². The molecular weight excluding hydrogens is 208 g/mol. The van der Waals surface area contributed by atoms with Gasteiger partial charge < -0.3 is 0 Å². The summed E-state index contributed by atoms with van der Waals surface area (Å²) in [4.78, 5) is 0. The minimum atomic E-state index is 0.811. The zero-order chi connectivity index (χ0) is 8.69. The summed E-state index contributed by atoms with van der Waals surface area (Å²) >= 11 is 0. The lowest BCUT2D eigenvalue weighted by Gasteiger charge is -2.20. The lowest BCUT2D eigenvalue weighted by Crippen LogP contribution is -2.16. The third-order valence-corrected chi connectivity index (χ3v) is 4.10. The van der Waals surface area contributed by atoms with E-state index in [4.69, 9.17) is 0 Å². The molecule has 0 fully saturated rings. The second-order valence-corrected chi connectivity index (χ2v) is 5.30. The topological polar surface area (TPSA) is 0 Å². The molecule has 0 saturated carbocycles.